The highest BCUT2D eigenvalue weighted by Gasteiger charge is 2.26. The highest BCUT2D eigenvalue weighted by Crippen LogP contribution is 2.10. The number of aliphatic carboxylic acids is 1. The van der Waals surface area contributed by atoms with Crippen molar-refractivity contribution in [1.82, 2.24) is 10.2 Å². The molecule has 0 aromatic heterocycles. The first kappa shape index (κ1) is 13.8. The average molecular weight is 242 g/mol. The van der Waals surface area contributed by atoms with Crippen LogP contribution in [0.5, 0.6) is 0 Å². The second-order valence-electron chi connectivity index (χ2n) is 4.91. The Kier molecular flexibility index (Phi) is 5.25. The molecule has 0 saturated carbocycles. The molecule has 1 saturated heterocycles. The topological polar surface area (TPSA) is 69.6 Å². The van der Waals surface area contributed by atoms with Crippen molar-refractivity contribution in [3.63, 3.8) is 0 Å². The molecule has 1 rings (SSSR count). The average Bonchev–Trinajstić information content (AvgIpc) is 2.52. The van der Waals surface area contributed by atoms with Crippen LogP contribution in [0.1, 0.15) is 39.5 Å². The van der Waals surface area contributed by atoms with Crippen LogP contribution < -0.4 is 5.32 Å². The Morgan fingerprint density at radius 1 is 1.12 bits per heavy atom. The summed E-state index contributed by atoms with van der Waals surface area (Å²) in [5.41, 5.74) is 0. The first-order valence-corrected chi connectivity index (χ1v) is 6.30. The fourth-order valence-electron chi connectivity index (χ4n) is 2.01. The number of carbonyl (C=O) groups is 2. The van der Waals surface area contributed by atoms with Crippen molar-refractivity contribution >= 4 is 12.0 Å². The lowest BCUT2D eigenvalue weighted by molar-refractivity contribution is -0.140. The number of nitrogens with one attached hydrogen (secondary N) is 1. The number of amides is 2. The van der Waals surface area contributed by atoms with Crippen molar-refractivity contribution in [2.45, 2.75) is 45.6 Å². The lowest BCUT2D eigenvalue weighted by atomic mass is 10.1. The summed E-state index contributed by atoms with van der Waals surface area (Å²) in [6.45, 7) is 5.05. The number of rotatable bonds is 3. The maximum atomic E-state index is 11.9. The molecule has 0 bridgehead atoms. The lowest BCUT2D eigenvalue weighted by Crippen LogP contribution is -2.50. The molecule has 1 atom stereocenters. The van der Waals surface area contributed by atoms with Gasteiger partial charge in [0.1, 0.15) is 6.04 Å². The van der Waals surface area contributed by atoms with Gasteiger partial charge in [0.2, 0.25) is 0 Å². The summed E-state index contributed by atoms with van der Waals surface area (Å²) in [7, 11) is 0. The van der Waals surface area contributed by atoms with E-state index < -0.39 is 12.0 Å². The number of urea groups is 1. The molecule has 2 amide bonds. The van der Waals surface area contributed by atoms with E-state index >= 15 is 0 Å². The van der Waals surface area contributed by atoms with Gasteiger partial charge < -0.3 is 15.3 Å². The predicted molar refractivity (Wildman–Crippen MR) is 64.8 cm³/mol. The van der Waals surface area contributed by atoms with Gasteiger partial charge in [0, 0.05) is 13.1 Å². The van der Waals surface area contributed by atoms with Crippen molar-refractivity contribution < 1.29 is 14.7 Å². The van der Waals surface area contributed by atoms with Crippen LogP contribution in [-0.4, -0.2) is 41.1 Å². The Bertz CT molecular complexity index is 271. The SMILES string of the molecule is CC(C)[C@@H](NC(=O)N1CCCCCC1)C(=O)O. The summed E-state index contributed by atoms with van der Waals surface area (Å²) >= 11 is 0. The summed E-state index contributed by atoms with van der Waals surface area (Å²) in [4.78, 5) is 24.6. The van der Waals surface area contributed by atoms with Crippen molar-refractivity contribution in [1.29, 1.82) is 0 Å². The van der Waals surface area contributed by atoms with E-state index in [9.17, 15) is 9.59 Å². The minimum Gasteiger partial charge on any atom is -0.480 e. The zero-order chi connectivity index (χ0) is 12.8. The monoisotopic (exact) mass is 242 g/mol. The molecule has 5 nitrogen and oxygen atoms in total. The van der Waals surface area contributed by atoms with Crippen LogP contribution in [0.4, 0.5) is 4.79 Å². The van der Waals surface area contributed by atoms with Crippen LogP contribution in [0.25, 0.3) is 0 Å². The van der Waals surface area contributed by atoms with Crippen LogP contribution in [0, 0.1) is 5.92 Å². The van der Waals surface area contributed by atoms with E-state index in [1.807, 2.05) is 0 Å². The van der Waals surface area contributed by atoms with Crippen LogP contribution in [-0.2, 0) is 4.79 Å². The molecular weight excluding hydrogens is 220 g/mol. The number of carbonyl (C=O) groups excluding carboxylic acids is 1. The van der Waals surface area contributed by atoms with Crippen molar-refractivity contribution in [3.8, 4) is 0 Å². The third kappa shape index (κ3) is 4.24. The van der Waals surface area contributed by atoms with E-state index in [0.29, 0.717) is 0 Å². The molecule has 1 heterocycles. The van der Waals surface area contributed by atoms with Gasteiger partial charge >= 0.3 is 12.0 Å². The Balaban J connectivity index is 2.53. The summed E-state index contributed by atoms with van der Waals surface area (Å²) in [5, 5.41) is 11.6. The predicted octanol–water partition coefficient (Wildman–Crippen LogP) is 1.68. The van der Waals surface area contributed by atoms with Gasteiger partial charge in [-0.1, -0.05) is 26.7 Å². The number of hydrogen-bond donors (Lipinski definition) is 2. The van der Waals surface area contributed by atoms with E-state index in [4.69, 9.17) is 5.11 Å². The van der Waals surface area contributed by atoms with Crippen LogP contribution in [0.2, 0.25) is 0 Å². The van der Waals surface area contributed by atoms with Crippen LogP contribution in [0.15, 0.2) is 0 Å². The minimum atomic E-state index is -0.969. The summed E-state index contributed by atoms with van der Waals surface area (Å²) in [6.07, 6.45) is 4.31. The zero-order valence-corrected chi connectivity index (χ0v) is 10.6. The van der Waals surface area contributed by atoms with E-state index in [0.717, 1.165) is 38.8 Å². The van der Waals surface area contributed by atoms with Gasteiger partial charge in [-0.25, -0.2) is 9.59 Å². The fourth-order valence-corrected chi connectivity index (χ4v) is 2.01. The molecule has 0 aliphatic carbocycles. The molecule has 2 N–H and O–H groups in total. The fraction of sp³-hybridized carbons (Fsp3) is 0.833. The van der Waals surface area contributed by atoms with Crippen LogP contribution >= 0.6 is 0 Å². The quantitative estimate of drug-likeness (QED) is 0.791. The van der Waals surface area contributed by atoms with E-state index in [1.165, 1.54) is 0 Å². The molecule has 0 spiro atoms. The Morgan fingerprint density at radius 2 is 1.65 bits per heavy atom. The standard InChI is InChI=1S/C12H22N2O3/c1-9(2)10(11(15)16)13-12(17)14-7-5-3-4-6-8-14/h9-10H,3-8H2,1-2H3,(H,13,17)(H,15,16)/t10-/m1/s1. The Morgan fingerprint density at radius 3 is 2.06 bits per heavy atom. The van der Waals surface area contributed by atoms with Crippen molar-refractivity contribution in [2.24, 2.45) is 5.92 Å². The zero-order valence-electron chi connectivity index (χ0n) is 10.6. The molecule has 0 radical (unpaired) electrons. The Labute approximate surface area is 102 Å². The third-order valence-corrected chi connectivity index (χ3v) is 3.10. The highest BCUT2D eigenvalue weighted by atomic mass is 16.4. The van der Waals surface area contributed by atoms with Crippen molar-refractivity contribution in [2.75, 3.05) is 13.1 Å². The Hall–Kier alpha value is -1.26. The van der Waals surface area contributed by atoms with Gasteiger partial charge in [-0.05, 0) is 18.8 Å². The second-order valence-corrected chi connectivity index (χ2v) is 4.91. The molecule has 1 aliphatic heterocycles. The van der Waals surface area contributed by atoms with E-state index in [2.05, 4.69) is 5.32 Å². The summed E-state index contributed by atoms with van der Waals surface area (Å²) in [6, 6.07) is -1.04. The van der Waals surface area contributed by atoms with Gasteiger partial charge in [0.15, 0.2) is 0 Å². The summed E-state index contributed by atoms with van der Waals surface area (Å²) in [5.74, 6) is -1.08. The molecule has 98 valence electrons. The van der Waals surface area contributed by atoms with Gasteiger partial charge in [-0.3, -0.25) is 0 Å². The van der Waals surface area contributed by atoms with Gasteiger partial charge in [-0.15, -0.1) is 0 Å². The number of likely N-dealkylation sites (tertiary alicyclic amines) is 1. The van der Waals surface area contributed by atoms with Crippen LogP contribution in [0.3, 0.4) is 0 Å². The minimum absolute atomic E-state index is 0.108. The molecule has 17 heavy (non-hydrogen) atoms. The first-order valence-electron chi connectivity index (χ1n) is 6.30. The molecule has 0 unspecified atom stereocenters. The maximum absolute atomic E-state index is 11.9. The number of hydrogen-bond acceptors (Lipinski definition) is 2. The molecule has 0 aromatic carbocycles. The molecule has 1 aliphatic rings. The van der Waals surface area contributed by atoms with E-state index in [-0.39, 0.29) is 11.9 Å². The highest BCUT2D eigenvalue weighted by molar-refractivity contribution is 5.82. The largest absolute Gasteiger partial charge is 0.480 e. The van der Waals surface area contributed by atoms with Gasteiger partial charge in [0.05, 0.1) is 0 Å². The smallest absolute Gasteiger partial charge is 0.326 e. The molecule has 5 heteroatoms. The van der Waals surface area contributed by atoms with Gasteiger partial charge in [0.25, 0.3) is 0 Å². The maximum Gasteiger partial charge on any atom is 0.326 e. The van der Waals surface area contributed by atoms with Crippen molar-refractivity contribution in [3.05, 3.63) is 0 Å². The normalized spacial score (nSPS) is 18.6. The number of carboxylic acids is 1. The first-order chi connectivity index (χ1) is 8.02. The van der Waals surface area contributed by atoms with Gasteiger partial charge in [-0.2, -0.15) is 0 Å². The molecular formula is C12H22N2O3. The molecule has 0 aromatic rings. The lowest BCUT2D eigenvalue weighted by Gasteiger charge is -2.25. The number of carboxylic acid groups (broad SMARTS) is 1. The van der Waals surface area contributed by atoms with E-state index in [1.54, 1.807) is 18.7 Å². The third-order valence-electron chi connectivity index (χ3n) is 3.10. The number of nitrogens with zero attached hydrogens (tertiary/aromatic N) is 1. The summed E-state index contributed by atoms with van der Waals surface area (Å²) < 4.78 is 0. The second kappa shape index (κ2) is 6.47. The molecule has 1 fully saturated rings.